The van der Waals surface area contributed by atoms with Crippen LogP contribution in [0, 0.1) is 12.7 Å². The van der Waals surface area contributed by atoms with Crippen molar-refractivity contribution < 1.29 is 18.7 Å². The smallest absolute Gasteiger partial charge is 0.328 e. The van der Waals surface area contributed by atoms with Gasteiger partial charge in [0.1, 0.15) is 11.9 Å². The molecule has 2 rings (SSSR count). The number of aryl methyl sites for hydroxylation is 1. The van der Waals surface area contributed by atoms with Crippen LogP contribution in [0.4, 0.5) is 4.39 Å². The van der Waals surface area contributed by atoms with Gasteiger partial charge in [0.25, 0.3) is 5.91 Å². The van der Waals surface area contributed by atoms with Gasteiger partial charge in [-0.15, -0.1) is 0 Å². The lowest BCUT2D eigenvalue weighted by atomic mass is 10.0. The molecule has 0 radical (unpaired) electrons. The van der Waals surface area contributed by atoms with Crippen molar-refractivity contribution in [2.24, 2.45) is 0 Å². The predicted molar refractivity (Wildman–Crippen MR) is 84.6 cm³/mol. The third-order valence-corrected chi connectivity index (χ3v) is 3.58. The van der Waals surface area contributed by atoms with E-state index < -0.39 is 23.7 Å². The number of rotatable bonds is 5. The molecule has 0 bridgehead atoms. The molecule has 1 amide bonds. The molecule has 0 fully saturated rings. The highest BCUT2D eigenvalue weighted by Gasteiger charge is 2.23. The molecule has 0 saturated heterocycles. The summed E-state index contributed by atoms with van der Waals surface area (Å²) in [6, 6.07) is 11.9. The molecule has 0 aromatic heterocycles. The van der Waals surface area contributed by atoms with Crippen LogP contribution in [0.2, 0.25) is 0 Å². The number of ether oxygens (including phenoxy) is 1. The molecule has 0 saturated carbocycles. The number of halogens is 1. The second-order valence-electron chi connectivity index (χ2n) is 5.19. The van der Waals surface area contributed by atoms with E-state index in [0.717, 1.165) is 11.1 Å². The molecule has 0 unspecified atom stereocenters. The minimum atomic E-state index is -0.807. The van der Waals surface area contributed by atoms with Crippen molar-refractivity contribution in [3.63, 3.8) is 0 Å². The highest BCUT2D eigenvalue weighted by atomic mass is 19.1. The number of hydrogen-bond acceptors (Lipinski definition) is 3. The summed E-state index contributed by atoms with van der Waals surface area (Å²) >= 11 is 0. The fourth-order valence-corrected chi connectivity index (χ4v) is 2.24. The van der Waals surface area contributed by atoms with Gasteiger partial charge in [-0.3, -0.25) is 4.79 Å². The highest BCUT2D eigenvalue weighted by Crippen LogP contribution is 2.11. The molecule has 0 aliphatic carbocycles. The summed E-state index contributed by atoms with van der Waals surface area (Å²) in [5.41, 5.74) is 2.25. The quantitative estimate of drug-likeness (QED) is 0.863. The second-order valence-corrected chi connectivity index (χ2v) is 5.19. The second kappa shape index (κ2) is 7.54. The summed E-state index contributed by atoms with van der Waals surface area (Å²) in [6.07, 6.45) is 0.326. The maximum absolute atomic E-state index is 12.9. The van der Waals surface area contributed by atoms with E-state index in [2.05, 4.69) is 5.32 Å². The Labute approximate surface area is 134 Å². The molecule has 0 aliphatic rings. The van der Waals surface area contributed by atoms with E-state index in [1.54, 1.807) is 0 Å². The van der Waals surface area contributed by atoms with Crippen LogP contribution < -0.4 is 5.32 Å². The molecule has 5 heteroatoms. The molecule has 1 N–H and O–H groups in total. The standard InChI is InChI=1S/C18H18FNO3/c1-12-5-3-4-6-14(12)11-16(18(22)23-2)20-17(21)13-7-9-15(19)10-8-13/h3-10,16H,11H2,1-2H3,(H,20,21)/t16-/m1/s1. The van der Waals surface area contributed by atoms with Gasteiger partial charge in [0.2, 0.25) is 0 Å². The number of nitrogens with one attached hydrogen (secondary N) is 1. The topological polar surface area (TPSA) is 55.4 Å². The Bertz CT molecular complexity index is 698. The summed E-state index contributed by atoms with van der Waals surface area (Å²) in [4.78, 5) is 24.2. The zero-order chi connectivity index (χ0) is 16.8. The van der Waals surface area contributed by atoms with E-state index in [4.69, 9.17) is 4.74 Å². The average Bonchev–Trinajstić information content (AvgIpc) is 2.56. The number of esters is 1. The van der Waals surface area contributed by atoms with Gasteiger partial charge < -0.3 is 10.1 Å². The van der Waals surface area contributed by atoms with Crippen molar-refractivity contribution >= 4 is 11.9 Å². The van der Waals surface area contributed by atoms with Crippen molar-refractivity contribution in [3.8, 4) is 0 Å². The Hall–Kier alpha value is -2.69. The Balaban J connectivity index is 2.16. The van der Waals surface area contributed by atoms with Crippen LogP contribution in [0.5, 0.6) is 0 Å². The van der Waals surface area contributed by atoms with E-state index in [0.29, 0.717) is 6.42 Å². The largest absolute Gasteiger partial charge is 0.467 e. The van der Waals surface area contributed by atoms with Crippen molar-refractivity contribution in [2.45, 2.75) is 19.4 Å². The first-order chi connectivity index (χ1) is 11.0. The average molecular weight is 315 g/mol. The minimum Gasteiger partial charge on any atom is -0.467 e. The Morgan fingerprint density at radius 3 is 2.39 bits per heavy atom. The lowest BCUT2D eigenvalue weighted by Crippen LogP contribution is -2.43. The lowest BCUT2D eigenvalue weighted by Gasteiger charge is -2.17. The van der Waals surface area contributed by atoms with Crippen LogP contribution in [0.25, 0.3) is 0 Å². The zero-order valence-corrected chi connectivity index (χ0v) is 13.0. The lowest BCUT2D eigenvalue weighted by molar-refractivity contribution is -0.142. The molecule has 120 valence electrons. The monoisotopic (exact) mass is 315 g/mol. The van der Waals surface area contributed by atoms with E-state index in [9.17, 15) is 14.0 Å². The van der Waals surface area contributed by atoms with E-state index >= 15 is 0 Å². The van der Waals surface area contributed by atoms with Crippen LogP contribution in [0.15, 0.2) is 48.5 Å². The molecule has 23 heavy (non-hydrogen) atoms. The minimum absolute atomic E-state index is 0.282. The van der Waals surface area contributed by atoms with Crippen molar-refractivity contribution in [1.82, 2.24) is 5.32 Å². The number of amides is 1. The van der Waals surface area contributed by atoms with Gasteiger partial charge in [-0.05, 0) is 42.3 Å². The number of benzene rings is 2. The van der Waals surface area contributed by atoms with Crippen molar-refractivity contribution in [2.75, 3.05) is 7.11 Å². The molecule has 2 aromatic rings. The fraction of sp³-hybridized carbons (Fsp3) is 0.222. The van der Waals surface area contributed by atoms with Gasteiger partial charge in [-0.1, -0.05) is 24.3 Å². The van der Waals surface area contributed by atoms with Gasteiger partial charge in [0.15, 0.2) is 0 Å². The van der Waals surface area contributed by atoms with Crippen LogP contribution in [0.1, 0.15) is 21.5 Å². The maximum atomic E-state index is 12.9. The van der Waals surface area contributed by atoms with Crippen LogP contribution >= 0.6 is 0 Å². The fourth-order valence-electron chi connectivity index (χ4n) is 2.24. The first-order valence-electron chi connectivity index (χ1n) is 7.20. The summed E-state index contributed by atoms with van der Waals surface area (Å²) < 4.78 is 17.7. The molecular formula is C18H18FNO3. The number of carbonyl (C=O) groups is 2. The SMILES string of the molecule is COC(=O)[C@@H](Cc1ccccc1C)NC(=O)c1ccc(F)cc1. The highest BCUT2D eigenvalue weighted by molar-refractivity contribution is 5.96. The third kappa shape index (κ3) is 4.39. The summed E-state index contributed by atoms with van der Waals surface area (Å²) in [6.45, 7) is 1.94. The molecule has 0 spiro atoms. The van der Waals surface area contributed by atoms with Gasteiger partial charge in [-0.25, -0.2) is 9.18 Å². The van der Waals surface area contributed by atoms with Crippen LogP contribution in [0.3, 0.4) is 0 Å². The van der Waals surface area contributed by atoms with Crippen LogP contribution in [-0.4, -0.2) is 25.0 Å². The number of methoxy groups -OCH3 is 1. The van der Waals surface area contributed by atoms with Gasteiger partial charge in [-0.2, -0.15) is 0 Å². The molecular weight excluding hydrogens is 297 g/mol. The van der Waals surface area contributed by atoms with Crippen LogP contribution in [-0.2, 0) is 16.0 Å². The molecule has 0 aliphatic heterocycles. The summed E-state index contributed by atoms with van der Waals surface area (Å²) in [5.74, 6) is -1.40. The van der Waals surface area contributed by atoms with Gasteiger partial charge in [0.05, 0.1) is 7.11 Å². The molecule has 0 heterocycles. The molecule has 1 atom stereocenters. The Morgan fingerprint density at radius 2 is 1.78 bits per heavy atom. The predicted octanol–water partition coefficient (Wildman–Crippen LogP) is 2.65. The molecule has 2 aromatic carbocycles. The van der Waals surface area contributed by atoms with Gasteiger partial charge in [0, 0.05) is 12.0 Å². The summed E-state index contributed by atoms with van der Waals surface area (Å²) in [5, 5.41) is 2.64. The normalized spacial score (nSPS) is 11.6. The first-order valence-corrected chi connectivity index (χ1v) is 7.20. The zero-order valence-electron chi connectivity index (χ0n) is 13.0. The molecule has 4 nitrogen and oxygen atoms in total. The third-order valence-electron chi connectivity index (χ3n) is 3.58. The first kappa shape index (κ1) is 16.7. The Morgan fingerprint density at radius 1 is 1.13 bits per heavy atom. The van der Waals surface area contributed by atoms with Crippen molar-refractivity contribution in [1.29, 1.82) is 0 Å². The van der Waals surface area contributed by atoms with E-state index in [-0.39, 0.29) is 5.56 Å². The number of carbonyl (C=O) groups excluding carboxylic acids is 2. The van der Waals surface area contributed by atoms with Gasteiger partial charge >= 0.3 is 5.97 Å². The van der Waals surface area contributed by atoms with E-state index in [1.807, 2.05) is 31.2 Å². The number of hydrogen-bond donors (Lipinski definition) is 1. The van der Waals surface area contributed by atoms with Crippen molar-refractivity contribution in [3.05, 3.63) is 71.0 Å². The summed E-state index contributed by atoms with van der Waals surface area (Å²) in [7, 11) is 1.28. The Kier molecular flexibility index (Phi) is 5.46. The van der Waals surface area contributed by atoms with E-state index in [1.165, 1.54) is 31.4 Å². The maximum Gasteiger partial charge on any atom is 0.328 e.